The number of anilines is 2. The van der Waals surface area contributed by atoms with Crippen molar-refractivity contribution in [2.24, 2.45) is 10.2 Å². The first kappa shape index (κ1) is 48.7. The number of nitrogens with one attached hydrogen (secondary N) is 4. The minimum absolute atomic E-state index is 0.0687. The Balaban J connectivity index is 1.57. The highest BCUT2D eigenvalue weighted by atomic mass is 16.5. The standard InChI is InChI=1S/C45H48N6O13/c1-9-44(5,6)48-38(54)27-19-30(41(58)59)26(18-31(27)42(60)61)37(53)47-34-16-22(4)33(21-35(34)64-8)51-50-24-14-12-23(13-15-24)46-36(52)25-17-32(43(62)63)28(20-29(25)40(56)57)39(55)49-45(7,10-2)11-3/h12-21H,9-11H2,1-8H3,(H,46,52)(H,47,53)(H,48,54)(H,49,55)(H,56,57)(H,58,59)(H,60,61)(H,62,63)/b51-50+. The van der Waals surface area contributed by atoms with E-state index in [9.17, 15) is 58.8 Å². The number of carbonyl (C=O) groups is 8. The van der Waals surface area contributed by atoms with E-state index in [0.29, 0.717) is 30.5 Å². The minimum atomic E-state index is -1.58. The molecule has 4 rings (SSSR count). The van der Waals surface area contributed by atoms with Crippen molar-refractivity contribution in [1.82, 2.24) is 10.6 Å². The molecule has 0 aliphatic heterocycles. The number of carbonyl (C=O) groups excluding carboxylic acids is 4. The number of benzene rings is 4. The van der Waals surface area contributed by atoms with Gasteiger partial charge in [-0.15, -0.1) is 0 Å². The average molecular weight is 881 g/mol. The summed E-state index contributed by atoms with van der Waals surface area (Å²) in [5.41, 5.74) is -4.39. The lowest BCUT2D eigenvalue weighted by molar-refractivity contribution is 0.0675. The van der Waals surface area contributed by atoms with Gasteiger partial charge < -0.3 is 46.4 Å². The molecule has 0 aliphatic rings. The first-order chi connectivity index (χ1) is 30.0. The molecule has 4 aromatic rings. The number of ether oxygens (including phenoxy) is 1. The number of azo groups is 1. The van der Waals surface area contributed by atoms with Crippen molar-refractivity contribution in [3.05, 3.63) is 111 Å². The van der Waals surface area contributed by atoms with Crippen molar-refractivity contribution < 1.29 is 63.5 Å². The quantitative estimate of drug-likeness (QED) is 0.0441. The molecule has 64 heavy (non-hydrogen) atoms. The third-order valence-electron chi connectivity index (χ3n) is 10.7. The summed E-state index contributed by atoms with van der Waals surface area (Å²) in [6, 6.07) is 12.1. The zero-order chi connectivity index (χ0) is 47.8. The average Bonchev–Trinajstić information content (AvgIpc) is 3.25. The molecule has 0 fully saturated rings. The number of methoxy groups -OCH3 is 1. The molecule has 4 amide bonds. The van der Waals surface area contributed by atoms with E-state index in [1.807, 2.05) is 13.8 Å². The Kier molecular flexibility index (Phi) is 15.1. The van der Waals surface area contributed by atoms with Crippen LogP contribution in [-0.4, -0.2) is 86.1 Å². The van der Waals surface area contributed by atoms with Gasteiger partial charge in [0.1, 0.15) is 5.75 Å². The fourth-order valence-electron chi connectivity index (χ4n) is 6.05. The molecule has 336 valence electrons. The molecule has 0 aromatic heterocycles. The molecule has 0 heterocycles. The van der Waals surface area contributed by atoms with Gasteiger partial charge in [0.25, 0.3) is 23.6 Å². The summed E-state index contributed by atoms with van der Waals surface area (Å²) in [6.45, 7) is 12.3. The van der Waals surface area contributed by atoms with Crippen molar-refractivity contribution in [3.63, 3.8) is 0 Å². The van der Waals surface area contributed by atoms with Gasteiger partial charge in [0.05, 0.1) is 68.7 Å². The molecule has 0 saturated carbocycles. The Morgan fingerprint density at radius 1 is 0.547 bits per heavy atom. The molecular weight excluding hydrogens is 833 g/mol. The van der Waals surface area contributed by atoms with E-state index in [2.05, 4.69) is 31.5 Å². The highest BCUT2D eigenvalue weighted by Gasteiger charge is 2.31. The lowest BCUT2D eigenvalue weighted by Gasteiger charge is -2.28. The second kappa shape index (κ2) is 19.8. The molecule has 19 heteroatoms. The lowest BCUT2D eigenvalue weighted by Crippen LogP contribution is -2.45. The predicted octanol–water partition coefficient (Wildman–Crippen LogP) is 7.94. The number of carboxylic acid groups (broad SMARTS) is 4. The van der Waals surface area contributed by atoms with Crippen LogP contribution in [0.1, 0.15) is 149 Å². The van der Waals surface area contributed by atoms with E-state index in [0.717, 1.165) is 24.3 Å². The van der Waals surface area contributed by atoms with Gasteiger partial charge in [0.15, 0.2) is 0 Å². The van der Waals surface area contributed by atoms with E-state index in [4.69, 9.17) is 4.74 Å². The van der Waals surface area contributed by atoms with Crippen molar-refractivity contribution in [2.45, 2.75) is 78.8 Å². The molecule has 8 N–H and O–H groups in total. The van der Waals surface area contributed by atoms with E-state index in [-0.39, 0.29) is 22.8 Å². The number of hydrogen-bond acceptors (Lipinski definition) is 11. The smallest absolute Gasteiger partial charge is 0.336 e. The SMILES string of the molecule is CCC(C)(C)NC(=O)c1cc(C(=O)O)c(C(=O)Nc2cc(C)c(/N=N/c3ccc(NC(=O)c4cc(C(=O)O)c(C(=O)NC(C)(CC)CC)cc4C(=O)O)cc3)cc2OC)cc1C(=O)O. The molecule has 0 bridgehead atoms. The molecule has 4 aromatic carbocycles. The van der Waals surface area contributed by atoms with Gasteiger partial charge in [-0.25, -0.2) is 19.2 Å². The number of aromatic carboxylic acids is 4. The van der Waals surface area contributed by atoms with Gasteiger partial charge in [0, 0.05) is 22.8 Å². The van der Waals surface area contributed by atoms with Crippen LogP contribution in [0.4, 0.5) is 22.7 Å². The Labute approximate surface area is 366 Å². The van der Waals surface area contributed by atoms with Crippen LogP contribution in [0, 0.1) is 6.92 Å². The first-order valence-corrected chi connectivity index (χ1v) is 19.8. The summed E-state index contributed by atoms with van der Waals surface area (Å²) in [5, 5.41) is 58.7. The van der Waals surface area contributed by atoms with Crippen LogP contribution in [0.25, 0.3) is 0 Å². The van der Waals surface area contributed by atoms with Gasteiger partial charge in [-0.3, -0.25) is 19.2 Å². The van der Waals surface area contributed by atoms with Crippen LogP contribution >= 0.6 is 0 Å². The lowest BCUT2D eigenvalue weighted by atomic mass is 9.93. The molecule has 0 atom stereocenters. The number of rotatable bonds is 18. The summed E-state index contributed by atoms with van der Waals surface area (Å²) in [4.78, 5) is 102. The second-order valence-corrected chi connectivity index (χ2v) is 15.5. The Morgan fingerprint density at radius 3 is 1.38 bits per heavy atom. The highest BCUT2D eigenvalue weighted by Crippen LogP contribution is 2.35. The molecule has 0 unspecified atom stereocenters. The monoisotopic (exact) mass is 880 g/mol. The first-order valence-electron chi connectivity index (χ1n) is 19.8. The fourth-order valence-corrected chi connectivity index (χ4v) is 6.05. The minimum Gasteiger partial charge on any atom is -0.494 e. The third-order valence-corrected chi connectivity index (χ3v) is 10.7. The summed E-state index contributed by atoms with van der Waals surface area (Å²) in [5.74, 6) is -9.77. The van der Waals surface area contributed by atoms with Crippen LogP contribution in [0.5, 0.6) is 5.75 Å². The Hall–Kier alpha value is -7.96. The maximum Gasteiger partial charge on any atom is 0.336 e. The number of carboxylic acids is 4. The highest BCUT2D eigenvalue weighted by molar-refractivity contribution is 6.16. The molecule has 0 aliphatic carbocycles. The van der Waals surface area contributed by atoms with Gasteiger partial charge in [-0.05, 0) is 107 Å². The molecular formula is C45H48N6O13. The number of hydrogen-bond donors (Lipinski definition) is 8. The molecule has 0 saturated heterocycles. The summed E-state index contributed by atoms with van der Waals surface area (Å²) >= 11 is 0. The second-order valence-electron chi connectivity index (χ2n) is 15.5. The number of nitrogens with zero attached hydrogens (tertiary/aromatic N) is 2. The zero-order valence-electron chi connectivity index (χ0n) is 36.3. The van der Waals surface area contributed by atoms with E-state index < -0.39 is 103 Å². The summed E-state index contributed by atoms with van der Waals surface area (Å²) < 4.78 is 5.45. The normalized spacial score (nSPS) is 11.4. The largest absolute Gasteiger partial charge is 0.494 e. The Bertz CT molecular complexity index is 2600. The van der Waals surface area contributed by atoms with E-state index in [1.165, 1.54) is 43.5 Å². The predicted molar refractivity (Wildman–Crippen MR) is 233 cm³/mol. The van der Waals surface area contributed by atoms with Gasteiger partial charge >= 0.3 is 23.9 Å². The van der Waals surface area contributed by atoms with Crippen LogP contribution in [0.3, 0.4) is 0 Å². The molecule has 0 radical (unpaired) electrons. The van der Waals surface area contributed by atoms with Crippen LogP contribution in [-0.2, 0) is 0 Å². The summed E-state index contributed by atoms with van der Waals surface area (Å²) in [6.07, 6.45) is 1.53. The topological polar surface area (TPSA) is 300 Å². The third kappa shape index (κ3) is 11.3. The van der Waals surface area contributed by atoms with Crippen LogP contribution in [0.15, 0.2) is 70.9 Å². The van der Waals surface area contributed by atoms with Crippen molar-refractivity contribution in [2.75, 3.05) is 17.7 Å². The maximum absolute atomic E-state index is 13.6. The number of amides is 4. The van der Waals surface area contributed by atoms with Crippen LogP contribution in [0.2, 0.25) is 0 Å². The van der Waals surface area contributed by atoms with Gasteiger partial charge in [0.2, 0.25) is 0 Å². The van der Waals surface area contributed by atoms with Crippen molar-refractivity contribution in [1.29, 1.82) is 0 Å². The number of aryl methyl sites for hydroxylation is 1. The summed E-state index contributed by atoms with van der Waals surface area (Å²) in [7, 11) is 1.30. The molecule has 19 nitrogen and oxygen atoms in total. The molecule has 0 spiro atoms. The van der Waals surface area contributed by atoms with Crippen LogP contribution < -0.4 is 26.0 Å². The zero-order valence-corrected chi connectivity index (χ0v) is 36.3. The van der Waals surface area contributed by atoms with Crippen molar-refractivity contribution in [3.8, 4) is 5.75 Å². The Morgan fingerprint density at radius 2 is 0.969 bits per heavy atom. The van der Waals surface area contributed by atoms with Gasteiger partial charge in [-0.1, -0.05) is 20.8 Å². The van der Waals surface area contributed by atoms with E-state index >= 15 is 0 Å². The maximum atomic E-state index is 13.6. The van der Waals surface area contributed by atoms with E-state index in [1.54, 1.807) is 34.6 Å². The fraction of sp³-hybridized carbons (Fsp3) is 0.289. The van der Waals surface area contributed by atoms with Gasteiger partial charge in [-0.2, -0.15) is 10.2 Å². The van der Waals surface area contributed by atoms with Crippen molar-refractivity contribution >= 4 is 70.3 Å².